The zero-order chi connectivity index (χ0) is 6.91. The summed E-state index contributed by atoms with van der Waals surface area (Å²) >= 11 is 0. The molecule has 1 N–H and O–H groups in total. The van der Waals surface area contributed by atoms with E-state index in [2.05, 4.69) is 0 Å². The Balaban J connectivity index is 2.78. The molecule has 0 amide bonds. The third-order valence-electron chi connectivity index (χ3n) is 1.22. The molecule has 0 spiro atoms. The first-order valence-corrected chi connectivity index (χ1v) is 2.63. The Hall–Kier alpha value is -0.830. The van der Waals surface area contributed by atoms with Gasteiger partial charge in [0.1, 0.15) is 0 Å². The maximum atomic E-state index is 12.6. The molecule has 0 aliphatic carbocycles. The molecule has 0 saturated heterocycles. The smallest absolute Gasteiger partial charge is 0.307 e. The predicted molar refractivity (Wildman–Crippen MR) is 32.1 cm³/mol. The van der Waals surface area contributed by atoms with Crippen molar-refractivity contribution in [3.63, 3.8) is 0 Å². The maximum Gasteiger partial charge on any atom is 0.307 e. The van der Waals surface area contributed by atoms with Crippen LogP contribution in [0.25, 0.3) is 0 Å². The Morgan fingerprint density at radius 2 is 2.22 bits per heavy atom. The fraction of sp³-hybridized carbons (Fsp3) is 0.333. The summed E-state index contributed by atoms with van der Waals surface area (Å²) in [6.07, 6.45) is 5.64. The average Bonchev–Trinajstić information content (AvgIpc) is 1.77. The van der Waals surface area contributed by atoms with Crippen molar-refractivity contribution < 1.29 is 9.50 Å². The number of aliphatic hydroxyl groups is 1. The van der Waals surface area contributed by atoms with Crippen molar-refractivity contribution in [2.24, 2.45) is 0 Å². The van der Waals surface area contributed by atoms with Crippen LogP contribution in [0.2, 0.25) is 0 Å². The quantitative estimate of drug-likeness (QED) is 0.484. The van der Waals surface area contributed by atoms with Crippen LogP contribution in [0.5, 0.6) is 0 Å². The fourth-order valence-electron chi connectivity index (χ4n) is 0.579. The van der Waals surface area contributed by atoms with E-state index in [1.807, 2.05) is 0 Å². The van der Waals surface area contributed by atoms with Gasteiger partial charge in [0.25, 0.3) is 0 Å². The van der Waals surface area contributed by atoms with Crippen LogP contribution < -0.4 is 0 Å². The van der Waals surface area contributed by atoms with Gasteiger partial charge in [-0.15, -0.1) is 0 Å². The second-order valence-electron chi connectivity index (χ2n) is 1.95. The van der Waals surface area contributed by atoms with E-state index in [0.717, 1.165) is 11.0 Å². The molecule has 50 valence electrons. The number of hydrogen-bond donors (Lipinski definition) is 1. The van der Waals surface area contributed by atoms with Crippen molar-refractivity contribution in [3.05, 3.63) is 24.4 Å². The molecule has 0 saturated carbocycles. The number of halogens is 1. The zero-order valence-corrected chi connectivity index (χ0v) is 5.08. The molecule has 0 bridgehead atoms. The topological polar surface area (TPSA) is 23.5 Å². The Labute approximate surface area is 52.9 Å². The summed E-state index contributed by atoms with van der Waals surface area (Å²) in [6, 6.07) is 0. The SMILES string of the molecule is CN1C=CC=CC1(O)F. The standard InChI is InChI=1S/C6H8FNO/c1-8-5-3-2-4-6(8,7)9/h2-5,9H,1H3. The first-order valence-electron chi connectivity index (χ1n) is 2.63. The van der Waals surface area contributed by atoms with Crippen LogP contribution in [0.4, 0.5) is 4.39 Å². The zero-order valence-electron chi connectivity index (χ0n) is 5.08. The second-order valence-corrected chi connectivity index (χ2v) is 1.95. The van der Waals surface area contributed by atoms with Crippen LogP contribution in [-0.2, 0) is 0 Å². The molecule has 1 unspecified atom stereocenters. The number of likely N-dealkylation sites (N-methyl/N-ethyl adjacent to an activating group) is 1. The third-order valence-corrected chi connectivity index (χ3v) is 1.22. The lowest BCUT2D eigenvalue weighted by atomic mass is 10.3. The lowest BCUT2D eigenvalue weighted by Crippen LogP contribution is -2.37. The van der Waals surface area contributed by atoms with Crippen LogP contribution >= 0.6 is 0 Å². The summed E-state index contributed by atoms with van der Waals surface area (Å²) in [7, 11) is 1.46. The van der Waals surface area contributed by atoms with Crippen molar-refractivity contribution in [1.29, 1.82) is 0 Å². The predicted octanol–water partition coefficient (Wildman–Crippen LogP) is 0.617. The van der Waals surface area contributed by atoms with Crippen LogP contribution in [0.1, 0.15) is 0 Å². The van der Waals surface area contributed by atoms with Crippen LogP contribution in [0.3, 0.4) is 0 Å². The normalized spacial score (nSPS) is 33.4. The van der Waals surface area contributed by atoms with Gasteiger partial charge in [-0.2, -0.15) is 4.39 Å². The van der Waals surface area contributed by atoms with E-state index in [1.165, 1.54) is 19.3 Å². The summed E-state index contributed by atoms with van der Waals surface area (Å²) in [4.78, 5) is 1.08. The molecule has 3 heteroatoms. The molecule has 0 aromatic carbocycles. The van der Waals surface area contributed by atoms with Crippen molar-refractivity contribution in [2.45, 2.75) is 5.98 Å². The van der Waals surface area contributed by atoms with E-state index in [4.69, 9.17) is 5.11 Å². The van der Waals surface area contributed by atoms with E-state index < -0.39 is 5.98 Å². The van der Waals surface area contributed by atoms with Gasteiger partial charge >= 0.3 is 5.98 Å². The monoisotopic (exact) mass is 129 g/mol. The Morgan fingerprint density at radius 1 is 1.56 bits per heavy atom. The molecule has 0 fully saturated rings. The van der Waals surface area contributed by atoms with E-state index in [-0.39, 0.29) is 0 Å². The van der Waals surface area contributed by atoms with Crippen LogP contribution in [-0.4, -0.2) is 23.0 Å². The summed E-state index contributed by atoms with van der Waals surface area (Å²) in [5, 5.41) is 8.76. The first-order chi connectivity index (χ1) is 4.13. The van der Waals surface area contributed by atoms with Crippen molar-refractivity contribution in [1.82, 2.24) is 4.90 Å². The average molecular weight is 129 g/mol. The minimum atomic E-state index is -2.30. The van der Waals surface area contributed by atoms with E-state index in [1.54, 1.807) is 6.08 Å². The van der Waals surface area contributed by atoms with Crippen molar-refractivity contribution in [3.8, 4) is 0 Å². The van der Waals surface area contributed by atoms with E-state index in [0.29, 0.717) is 0 Å². The summed E-state index contributed by atoms with van der Waals surface area (Å²) in [5.74, 6) is -2.30. The van der Waals surface area contributed by atoms with Gasteiger partial charge in [0, 0.05) is 19.3 Å². The molecule has 1 heterocycles. The first kappa shape index (κ1) is 6.29. The number of alkyl halides is 1. The highest BCUT2D eigenvalue weighted by atomic mass is 19.2. The van der Waals surface area contributed by atoms with Gasteiger partial charge in [-0.1, -0.05) is 6.08 Å². The molecule has 1 rings (SSSR count). The van der Waals surface area contributed by atoms with Gasteiger partial charge in [0.05, 0.1) is 0 Å². The molecule has 2 nitrogen and oxygen atoms in total. The third kappa shape index (κ3) is 1.10. The van der Waals surface area contributed by atoms with Crippen molar-refractivity contribution >= 4 is 0 Å². The van der Waals surface area contributed by atoms with Gasteiger partial charge in [-0.25, -0.2) is 0 Å². The Morgan fingerprint density at radius 3 is 2.56 bits per heavy atom. The highest BCUT2D eigenvalue weighted by molar-refractivity contribution is 5.12. The molecule has 9 heavy (non-hydrogen) atoms. The minimum Gasteiger partial charge on any atom is -0.342 e. The lowest BCUT2D eigenvalue weighted by Gasteiger charge is -2.26. The van der Waals surface area contributed by atoms with Gasteiger partial charge < -0.3 is 10.0 Å². The van der Waals surface area contributed by atoms with Gasteiger partial charge in [-0.3, -0.25) is 0 Å². The number of nitrogens with zero attached hydrogens (tertiary/aromatic N) is 1. The van der Waals surface area contributed by atoms with Crippen molar-refractivity contribution in [2.75, 3.05) is 7.05 Å². The Bertz CT molecular complexity index is 162. The minimum absolute atomic E-state index is 1.08. The maximum absolute atomic E-state index is 12.6. The number of allylic oxidation sites excluding steroid dienone is 2. The van der Waals surface area contributed by atoms with Gasteiger partial charge in [0.2, 0.25) is 0 Å². The summed E-state index contributed by atoms with van der Waals surface area (Å²) in [5.41, 5.74) is 0. The second kappa shape index (κ2) is 1.84. The Kier molecular flexibility index (Phi) is 1.29. The van der Waals surface area contributed by atoms with Crippen LogP contribution in [0.15, 0.2) is 24.4 Å². The molecule has 1 aliphatic heterocycles. The molecular weight excluding hydrogens is 121 g/mol. The molecule has 0 aromatic rings. The molecule has 1 aliphatic rings. The largest absolute Gasteiger partial charge is 0.342 e. The highest BCUT2D eigenvalue weighted by Gasteiger charge is 2.26. The van der Waals surface area contributed by atoms with E-state index in [9.17, 15) is 4.39 Å². The number of hydrogen-bond acceptors (Lipinski definition) is 2. The summed E-state index contributed by atoms with van der Waals surface area (Å²) in [6.45, 7) is 0. The highest BCUT2D eigenvalue weighted by Crippen LogP contribution is 2.16. The number of rotatable bonds is 0. The molecule has 0 aromatic heterocycles. The van der Waals surface area contributed by atoms with Gasteiger partial charge in [0.15, 0.2) is 0 Å². The fourth-order valence-corrected chi connectivity index (χ4v) is 0.579. The lowest BCUT2D eigenvalue weighted by molar-refractivity contribution is -0.139. The van der Waals surface area contributed by atoms with Gasteiger partial charge in [-0.05, 0) is 6.08 Å². The summed E-state index contributed by atoms with van der Waals surface area (Å²) < 4.78 is 12.6. The molecule has 0 radical (unpaired) electrons. The van der Waals surface area contributed by atoms with Crippen LogP contribution in [0, 0.1) is 0 Å². The molecular formula is C6H8FNO. The molecule has 1 atom stereocenters. The van der Waals surface area contributed by atoms with E-state index >= 15 is 0 Å².